The average Bonchev–Trinajstić information content (AvgIpc) is 2.84. The van der Waals surface area contributed by atoms with Gasteiger partial charge in [0.1, 0.15) is 0 Å². The fourth-order valence-corrected chi connectivity index (χ4v) is 3.49. The summed E-state index contributed by atoms with van der Waals surface area (Å²) >= 11 is 5.89. The predicted octanol–water partition coefficient (Wildman–Crippen LogP) is 1.91. The van der Waals surface area contributed by atoms with Gasteiger partial charge in [-0.15, -0.1) is 0 Å². The van der Waals surface area contributed by atoms with Crippen LogP contribution in [0.2, 0.25) is 5.02 Å². The number of rotatable bonds is 4. The highest BCUT2D eigenvalue weighted by Gasteiger charge is 2.47. The first kappa shape index (κ1) is 13.8. The molecule has 100 valence electrons. The standard InChI is InChI=1S/C12H16ClNO3S/c1-12(2)6-11(12)14-18(16,17)9-4-3-8(7-15)10(13)5-9/h3-5,11,14-15H,6-7H2,1-2H3. The van der Waals surface area contributed by atoms with Crippen LogP contribution in [-0.2, 0) is 16.6 Å². The number of aliphatic hydroxyl groups is 1. The van der Waals surface area contributed by atoms with E-state index in [0.717, 1.165) is 6.42 Å². The van der Waals surface area contributed by atoms with E-state index in [2.05, 4.69) is 4.72 Å². The number of sulfonamides is 1. The zero-order valence-electron chi connectivity index (χ0n) is 10.3. The zero-order chi connectivity index (χ0) is 13.6. The SMILES string of the molecule is CC1(C)CC1NS(=O)(=O)c1ccc(CO)c(Cl)c1. The predicted molar refractivity (Wildman–Crippen MR) is 69.9 cm³/mol. The van der Waals surface area contributed by atoms with E-state index >= 15 is 0 Å². The summed E-state index contributed by atoms with van der Waals surface area (Å²) < 4.78 is 26.8. The number of halogens is 1. The third-order valence-electron chi connectivity index (χ3n) is 3.32. The van der Waals surface area contributed by atoms with Crippen LogP contribution in [0.25, 0.3) is 0 Å². The maximum Gasteiger partial charge on any atom is 0.240 e. The van der Waals surface area contributed by atoms with Crippen LogP contribution < -0.4 is 4.72 Å². The minimum absolute atomic E-state index is 0.0150. The number of aliphatic hydroxyl groups excluding tert-OH is 1. The molecular weight excluding hydrogens is 274 g/mol. The van der Waals surface area contributed by atoms with Gasteiger partial charge in [-0.25, -0.2) is 13.1 Å². The first-order valence-electron chi connectivity index (χ1n) is 5.68. The summed E-state index contributed by atoms with van der Waals surface area (Å²) in [6, 6.07) is 4.33. The van der Waals surface area contributed by atoms with Crippen molar-refractivity contribution in [1.29, 1.82) is 0 Å². The number of benzene rings is 1. The van der Waals surface area contributed by atoms with Crippen molar-refractivity contribution in [2.24, 2.45) is 5.41 Å². The quantitative estimate of drug-likeness (QED) is 0.890. The highest BCUT2D eigenvalue weighted by atomic mass is 35.5. The lowest BCUT2D eigenvalue weighted by Crippen LogP contribution is -2.28. The summed E-state index contributed by atoms with van der Waals surface area (Å²) in [6.07, 6.45) is 0.842. The fraction of sp³-hybridized carbons (Fsp3) is 0.500. The maximum absolute atomic E-state index is 12.1. The van der Waals surface area contributed by atoms with Crippen LogP contribution in [0.5, 0.6) is 0 Å². The Morgan fingerprint density at radius 1 is 1.50 bits per heavy atom. The summed E-state index contributed by atoms with van der Waals surface area (Å²) in [5, 5.41) is 9.25. The summed E-state index contributed by atoms with van der Waals surface area (Å²) in [4.78, 5) is 0.132. The summed E-state index contributed by atoms with van der Waals surface area (Å²) in [5.74, 6) is 0. The van der Waals surface area contributed by atoms with Crippen LogP contribution in [0.15, 0.2) is 23.1 Å². The van der Waals surface area contributed by atoms with Crippen molar-refractivity contribution in [3.8, 4) is 0 Å². The van der Waals surface area contributed by atoms with E-state index in [1.807, 2.05) is 13.8 Å². The maximum atomic E-state index is 12.1. The second-order valence-electron chi connectivity index (χ2n) is 5.28. The van der Waals surface area contributed by atoms with Crippen molar-refractivity contribution < 1.29 is 13.5 Å². The molecule has 1 atom stereocenters. The molecule has 1 fully saturated rings. The molecule has 1 aliphatic carbocycles. The van der Waals surface area contributed by atoms with Crippen LogP contribution in [0.1, 0.15) is 25.8 Å². The Hall–Kier alpha value is -0.620. The molecule has 0 aromatic heterocycles. The number of hydrogen-bond donors (Lipinski definition) is 2. The molecule has 0 saturated heterocycles. The Morgan fingerprint density at radius 3 is 2.56 bits per heavy atom. The van der Waals surface area contributed by atoms with Gasteiger partial charge >= 0.3 is 0 Å². The molecule has 1 aliphatic rings. The molecule has 1 aromatic carbocycles. The van der Waals surface area contributed by atoms with E-state index in [1.54, 1.807) is 0 Å². The molecule has 18 heavy (non-hydrogen) atoms. The van der Waals surface area contributed by atoms with Crippen LogP contribution in [-0.4, -0.2) is 19.6 Å². The third kappa shape index (κ3) is 2.69. The lowest BCUT2D eigenvalue weighted by Gasteiger charge is -2.09. The Bertz CT molecular complexity index is 569. The first-order valence-corrected chi connectivity index (χ1v) is 7.54. The Morgan fingerprint density at radius 2 is 2.11 bits per heavy atom. The Balaban J connectivity index is 2.23. The van der Waals surface area contributed by atoms with E-state index in [4.69, 9.17) is 16.7 Å². The van der Waals surface area contributed by atoms with E-state index < -0.39 is 10.0 Å². The Labute approximate surface area is 112 Å². The number of nitrogens with one attached hydrogen (secondary N) is 1. The minimum Gasteiger partial charge on any atom is -0.392 e. The van der Waals surface area contributed by atoms with Crippen molar-refractivity contribution in [3.05, 3.63) is 28.8 Å². The lowest BCUT2D eigenvalue weighted by molar-refractivity contribution is 0.282. The van der Waals surface area contributed by atoms with Crippen LogP contribution in [0, 0.1) is 5.41 Å². The van der Waals surface area contributed by atoms with Gasteiger partial charge in [0.05, 0.1) is 11.5 Å². The third-order valence-corrected chi connectivity index (χ3v) is 5.14. The monoisotopic (exact) mass is 289 g/mol. The molecule has 6 heteroatoms. The molecule has 4 nitrogen and oxygen atoms in total. The van der Waals surface area contributed by atoms with Crippen molar-refractivity contribution in [2.45, 2.75) is 37.8 Å². The molecule has 0 bridgehead atoms. The molecule has 0 spiro atoms. The van der Waals surface area contributed by atoms with Crippen LogP contribution in [0.3, 0.4) is 0 Å². The van der Waals surface area contributed by atoms with Gasteiger partial charge < -0.3 is 5.11 Å². The van der Waals surface area contributed by atoms with Gasteiger partial charge in [0, 0.05) is 11.1 Å². The second kappa shape index (κ2) is 4.49. The van der Waals surface area contributed by atoms with Crippen molar-refractivity contribution >= 4 is 21.6 Å². The molecule has 0 radical (unpaired) electrons. The summed E-state index contributed by atoms with van der Waals surface area (Å²) in [7, 11) is -3.53. The zero-order valence-corrected chi connectivity index (χ0v) is 11.8. The molecule has 2 rings (SSSR count). The van der Waals surface area contributed by atoms with Gasteiger partial charge in [-0.3, -0.25) is 0 Å². The summed E-state index contributed by atoms with van der Waals surface area (Å²) in [6.45, 7) is 3.83. The summed E-state index contributed by atoms with van der Waals surface area (Å²) in [5.41, 5.74) is 0.546. The first-order chi connectivity index (χ1) is 8.26. The molecule has 1 aromatic rings. The van der Waals surface area contributed by atoms with E-state index in [1.165, 1.54) is 18.2 Å². The topological polar surface area (TPSA) is 66.4 Å². The molecule has 2 N–H and O–H groups in total. The van der Waals surface area contributed by atoms with Gasteiger partial charge in [-0.1, -0.05) is 31.5 Å². The van der Waals surface area contributed by atoms with E-state index in [0.29, 0.717) is 5.56 Å². The molecule has 0 amide bonds. The smallest absolute Gasteiger partial charge is 0.240 e. The van der Waals surface area contributed by atoms with Crippen molar-refractivity contribution in [1.82, 2.24) is 4.72 Å². The second-order valence-corrected chi connectivity index (χ2v) is 7.40. The largest absolute Gasteiger partial charge is 0.392 e. The highest BCUT2D eigenvalue weighted by Crippen LogP contribution is 2.45. The van der Waals surface area contributed by atoms with Crippen LogP contribution >= 0.6 is 11.6 Å². The highest BCUT2D eigenvalue weighted by molar-refractivity contribution is 7.89. The normalized spacial score (nSPS) is 21.9. The molecule has 0 heterocycles. The minimum atomic E-state index is -3.53. The molecule has 1 saturated carbocycles. The Kier molecular flexibility index (Phi) is 3.44. The van der Waals surface area contributed by atoms with Crippen LogP contribution in [0.4, 0.5) is 0 Å². The lowest BCUT2D eigenvalue weighted by atomic mass is 10.2. The van der Waals surface area contributed by atoms with Gasteiger partial charge in [0.15, 0.2) is 0 Å². The molecular formula is C12H16ClNO3S. The van der Waals surface area contributed by atoms with E-state index in [9.17, 15) is 8.42 Å². The van der Waals surface area contributed by atoms with Gasteiger partial charge in [-0.2, -0.15) is 0 Å². The fourth-order valence-electron chi connectivity index (χ4n) is 1.75. The van der Waals surface area contributed by atoms with Gasteiger partial charge in [0.2, 0.25) is 10.0 Å². The molecule has 0 aliphatic heterocycles. The van der Waals surface area contributed by atoms with E-state index in [-0.39, 0.29) is 28.0 Å². The average molecular weight is 290 g/mol. The van der Waals surface area contributed by atoms with Crippen molar-refractivity contribution in [3.63, 3.8) is 0 Å². The number of hydrogen-bond acceptors (Lipinski definition) is 3. The van der Waals surface area contributed by atoms with Gasteiger partial charge in [-0.05, 0) is 29.5 Å². The van der Waals surface area contributed by atoms with Gasteiger partial charge in [0.25, 0.3) is 0 Å². The van der Waals surface area contributed by atoms with Crippen molar-refractivity contribution in [2.75, 3.05) is 0 Å². The molecule has 1 unspecified atom stereocenters.